The van der Waals surface area contributed by atoms with Crippen LogP contribution in [-0.2, 0) is 21.5 Å². The van der Waals surface area contributed by atoms with Gasteiger partial charge in [0.15, 0.2) is 0 Å². The van der Waals surface area contributed by atoms with Gasteiger partial charge in [0.1, 0.15) is 18.5 Å². The van der Waals surface area contributed by atoms with Crippen molar-refractivity contribution in [3.63, 3.8) is 0 Å². The lowest BCUT2D eigenvalue weighted by atomic mass is 9.83. The van der Waals surface area contributed by atoms with Crippen molar-refractivity contribution in [2.24, 2.45) is 5.92 Å². The number of carbonyl (C=O) groups excluding carboxylic acids is 1. The number of anilines is 3. The number of aromatic nitrogens is 4. The number of carbonyl (C=O) groups is 1. The fourth-order valence-electron chi connectivity index (χ4n) is 5.28. The second-order valence-corrected chi connectivity index (χ2v) is 10.7. The van der Waals surface area contributed by atoms with E-state index in [2.05, 4.69) is 33.6 Å². The van der Waals surface area contributed by atoms with E-state index >= 15 is 0 Å². The van der Waals surface area contributed by atoms with Crippen LogP contribution in [0.25, 0.3) is 11.3 Å². The minimum atomic E-state index is -0.450. The number of piperidine rings is 1. The van der Waals surface area contributed by atoms with Crippen LogP contribution < -0.4 is 10.6 Å². The van der Waals surface area contributed by atoms with Crippen molar-refractivity contribution in [2.75, 3.05) is 43.9 Å². The van der Waals surface area contributed by atoms with Crippen molar-refractivity contribution in [2.45, 2.75) is 45.6 Å². The third-order valence-electron chi connectivity index (χ3n) is 7.52. The third kappa shape index (κ3) is 5.34. The lowest BCUT2D eigenvalue weighted by Gasteiger charge is -2.29. The van der Waals surface area contributed by atoms with E-state index in [-0.39, 0.29) is 12.6 Å². The maximum Gasteiger partial charge on any atom is 0.302 e. The molecule has 0 unspecified atom stereocenters. The Kier molecular flexibility index (Phi) is 7.04. The standard InChI is InChI=1S/C28H34N8O2/c1-18-11-25(36(34-18)15-20-6-9-35(4)10-7-20)33-27-30-8-5-24(32-27)21-12-22(14-29)26-23(13-21)28(3,16-31-26)17-38-19(2)37/h5,8,11-13,20,31H,6-7,9-10,15-17H2,1-4H3,(H,30,32,33)/t28-/m1/s1. The van der Waals surface area contributed by atoms with Gasteiger partial charge in [0, 0.05) is 43.3 Å². The quantitative estimate of drug-likeness (QED) is 0.453. The number of esters is 1. The number of nitrogens with zero attached hydrogens (tertiary/aromatic N) is 6. The van der Waals surface area contributed by atoms with Gasteiger partial charge in [-0.1, -0.05) is 6.92 Å². The van der Waals surface area contributed by atoms with Crippen LogP contribution in [0.1, 0.15) is 43.5 Å². The number of rotatable bonds is 7. The van der Waals surface area contributed by atoms with Crippen LogP contribution in [0.4, 0.5) is 17.5 Å². The molecule has 38 heavy (non-hydrogen) atoms. The molecule has 10 heteroatoms. The van der Waals surface area contributed by atoms with Gasteiger partial charge < -0.3 is 20.3 Å². The van der Waals surface area contributed by atoms with E-state index in [9.17, 15) is 10.1 Å². The Hall–Kier alpha value is -3.97. The van der Waals surface area contributed by atoms with E-state index in [0.29, 0.717) is 29.7 Å². The van der Waals surface area contributed by atoms with Gasteiger partial charge in [0.25, 0.3) is 0 Å². The summed E-state index contributed by atoms with van der Waals surface area (Å²) in [6, 6.07) is 10.0. The van der Waals surface area contributed by atoms with Gasteiger partial charge in [0.05, 0.1) is 22.6 Å². The minimum absolute atomic E-state index is 0.230. The second kappa shape index (κ2) is 10.4. The number of hydrogen-bond donors (Lipinski definition) is 2. The van der Waals surface area contributed by atoms with Gasteiger partial charge in [-0.15, -0.1) is 0 Å². The normalized spacial score (nSPS) is 19.4. The average molecular weight is 515 g/mol. The Balaban J connectivity index is 1.41. The van der Waals surface area contributed by atoms with Crippen LogP contribution in [0.15, 0.2) is 30.5 Å². The molecule has 0 aliphatic carbocycles. The van der Waals surface area contributed by atoms with E-state index < -0.39 is 5.41 Å². The van der Waals surface area contributed by atoms with E-state index in [1.165, 1.54) is 6.92 Å². The molecule has 10 nitrogen and oxygen atoms in total. The van der Waals surface area contributed by atoms with Crippen molar-refractivity contribution in [1.29, 1.82) is 5.26 Å². The smallest absolute Gasteiger partial charge is 0.302 e. The van der Waals surface area contributed by atoms with Crippen LogP contribution in [0.3, 0.4) is 0 Å². The summed E-state index contributed by atoms with van der Waals surface area (Å²) in [6.07, 6.45) is 4.03. The summed E-state index contributed by atoms with van der Waals surface area (Å²) in [7, 11) is 2.17. The molecule has 0 saturated carbocycles. The largest absolute Gasteiger partial charge is 0.465 e. The molecule has 2 N–H and O–H groups in total. The highest BCUT2D eigenvalue weighted by molar-refractivity contribution is 5.76. The molecule has 1 atom stereocenters. The summed E-state index contributed by atoms with van der Waals surface area (Å²) in [4.78, 5) is 23.1. The van der Waals surface area contributed by atoms with Crippen LogP contribution in [-0.4, -0.2) is 63.9 Å². The number of likely N-dealkylation sites (tertiary alicyclic amines) is 1. The Morgan fingerprint density at radius 1 is 1.32 bits per heavy atom. The van der Waals surface area contributed by atoms with Crippen molar-refractivity contribution in [3.8, 4) is 17.3 Å². The zero-order valence-electron chi connectivity index (χ0n) is 22.4. The maximum absolute atomic E-state index is 11.5. The fraction of sp³-hybridized carbons (Fsp3) is 0.464. The number of nitriles is 1. The van der Waals surface area contributed by atoms with Crippen molar-refractivity contribution >= 4 is 23.4 Å². The molecule has 4 heterocycles. The molecular weight excluding hydrogens is 480 g/mol. The topological polar surface area (TPSA) is 121 Å². The van der Waals surface area contributed by atoms with Crippen LogP contribution in [0.5, 0.6) is 0 Å². The Bertz CT molecular complexity index is 1390. The molecule has 1 fully saturated rings. The first-order chi connectivity index (χ1) is 18.2. The van der Waals surface area contributed by atoms with Crippen LogP contribution in [0, 0.1) is 24.2 Å². The van der Waals surface area contributed by atoms with Crippen molar-refractivity contribution in [3.05, 3.63) is 47.3 Å². The molecule has 1 saturated heterocycles. The summed E-state index contributed by atoms with van der Waals surface area (Å²) >= 11 is 0. The molecule has 1 aromatic carbocycles. The molecule has 2 aliphatic heterocycles. The van der Waals surface area contributed by atoms with E-state index in [1.54, 1.807) is 6.20 Å². The third-order valence-corrected chi connectivity index (χ3v) is 7.52. The molecule has 0 amide bonds. The number of nitrogens with one attached hydrogen (secondary N) is 2. The highest BCUT2D eigenvalue weighted by Gasteiger charge is 2.37. The molecule has 0 bridgehead atoms. The highest BCUT2D eigenvalue weighted by Crippen LogP contribution is 2.41. The SMILES string of the molecule is CC(=O)OC[C@@]1(C)CNc2c(C#N)cc(-c3ccnc(Nc4cc(C)nn4CC4CCN(C)CC4)n3)cc21. The Labute approximate surface area is 223 Å². The van der Waals surface area contributed by atoms with Gasteiger partial charge in [-0.2, -0.15) is 10.4 Å². The Morgan fingerprint density at radius 2 is 2.11 bits per heavy atom. The monoisotopic (exact) mass is 514 g/mol. The molecule has 198 valence electrons. The number of fused-ring (bicyclic) bond motifs is 1. The summed E-state index contributed by atoms with van der Waals surface area (Å²) in [6.45, 7) is 9.30. The van der Waals surface area contributed by atoms with E-state index in [0.717, 1.165) is 60.8 Å². The number of aryl methyl sites for hydroxylation is 1. The maximum atomic E-state index is 11.5. The summed E-state index contributed by atoms with van der Waals surface area (Å²) in [5.74, 6) is 1.59. The predicted molar refractivity (Wildman–Crippen MR) is 145 cm³/mol. The molecule has 2 aromatic heterocycles. The first-order valence-electron chi connectivity index (χ1n) is 13.0. The van der Waals surface area contributed by atoms with E-state index in [4.69, 9.17) is 14.8 Å². The fourth-order valence-corrected chi connectivity index (χ4v) is 5.28. The first-order valence-corrected chi connectivity index (χ1v) is 13.0. The van der Waals surface area contributed by atoms with Gasteiger partial charge in [-0.25, -0.2) is 14.6 Å². The van der Waals surface area contributed by atoms with Gasteiger partial charge >= 0.3 is 5.97 Å². The van der Waals surface area contributed by atoms with Gasteiger partial charge in [-0.05, 0) is 69.6 Å². The molecule has 0 radical (unpaired) electrons. The summed E-state index contributed by atoms with van der Waals surface area (Å²) in [5.41, 5.74) is 4.24. The van der Waals surface area contributed by atoms with Crippen LogP contribution >= 0.6 is 0 Å². The number of hydrogen-bond acceptors (Lipinski definition) is 9. The molecule has 5 rings (SSSR count). The number of benzene rings is 1. The minimum Gasteiger partial charge on any atom is -0.465 e. The zero-order chi connectivity index (χ0) is 26.9. The lowest BCUT2D eigenvalue weighted by Crippen LogP contribution is -2.32. The highest BCUT2D eigenvalue weighted by atomic mass is 16.5. The van der Waals surface area contributed by atoms with Crippen molar-refractivity contribution < 1.29 is 9.53 Å². The van der Waals surface area contributed by atoms with Gasteiger partial charge in [-0.3, -0.25) is 4.79 Å². The number of ether oxygens (including phenoxy) is 1. The lowest BCUT2D eigenvalue weighted by molar-refractivity contribution is -0.142. The summed E-state index contributed by atoms with van der Waals surface area (Å²) in [5, 5.41) is 21.3. The predicted octanol–water partition coefficient (Wildman–Crippen LogP) is 3.85. The first kappa shape index (κ1) is 25.7. The molecule has 3 aromatic rings. The molecule has 0 spiro atoms. The van der Waals surface area contributed by atoms with E-state index in [1.807, 2.05) is 42.8 Å². The van der Waals surface area contributed by atoms with Crippen LogP contribution in [0.2, 0.25) is 0 Å². The molecule has 2 aliphatic rings. The zero-order valence-corrected chi connectivity index (χ0v) is 22.4. The Morgan fingerprint density at radius 3 is 2.84 bits per heavy atom. The summed E-state index contributed by atoms with van der Waals surface area (Å²) < 4.78 is 7.38. The average Bonchev–Trinajstić information content (AvgIpc) is 3.42. The van der Waals surface area contributed by atoms with Crippen molar-refractivity contribution in [1.82, 2.24) is 24.6 Å². The van der Waals surface area contributed by atoms with Gasteiger partial charge in [0.2, 0.25) is 5.95 Å². The second-order valence-electron chi connectivity index (χ2n) is 10.7. The molecular formula is C28H34N8O2.